The van der Waals surface area contributed by atoms with Gasteiger partial charge in [0.25, 0.3) is 0 Å². The monoisotopic (exact) mass is 192 g/mol. The maximum Gasteiger partial charge on any atom is 0.430 e. The molecule has 0 fully saturated rings. The molecule has 1 heterocycles. The summed E-state index contributed by atoms with van der Waals surface area (Å²) in [6.45, 7) is 0. The predicted molar refractivity (Wildman–Crippen MR) is 48.9 cm³/mol. The Morgan fingerprint density at radius 1 is 1.43 bits per heavy atom. The summed E-state index contributed by atoms with van der Waals surface area (Å²) in [5.74, 6) is 0. The Morgan fingerprint density at radius 2 is 2.14 bits per heavy atom. The normalized spacial score (nSPS) is 19.2. The van der Waals surface area contributed by atoms with E-state index in [9.17, 15) is 9.90 Å². The molecule has 1 aromatic carbocycles. The summed E-state index contributed by atoms with van der Waals surface area (Å²) in [5.41, 5.74) is 1.28. The Kier molecular flexibility index (Phi) is 1.94. The molecule has 72 valence electrons. The van der Waals surface area contributed by atoms with Crippen LogP contribution < -0.4 is 0 Å². The van der Waals surface area contributed by atoms with E-state index < -0.39 is 12.3 Å². The molecule has 0 bridgehead atoms. The van der Waals surface area contributed by atoms with E-state index >= 15 is 0 Å². The Morgan fingerprint density at radius 3 is 2.86 bits per heavy atom. The molecule has 1 unspecified atom stereocenters. The fourth-order valence-electron chi connectivity index (χ4n) is 1.34. The number of benzene rings is 1. The SMILES string of the molecule is O=C(O)N1N=Cc2ccccc2C1O. The highest BCUT2D eigenvalue weighted by Gasteiger charge is 2.26. The summed E-state index contributed by atoms with van der Waals surface area (Å²) in [6.07, 6.45) is -1.08. The van der Waals surface area contributed by atoms with E-state index in [1.807, 2.05) is 0 Å². The molecule has 1 aliphatic rings. The van der Waals surface area contributed by atoms with Crippen LogP contribution >= 0.6 is 0 Å². The van der Waals surface area contributed by atoms with E-state index in [4.69, 9.17) is 5.11 Å². The van der Waals surface area contributed by atoms with Gasteiger partial charge in [0.15, 0.2) is 6.23 Å². The van der Waals surface area contributed by atoms with E-state index in [0.717, 1.165) is 5.56 Å². The highest BCUT2D eigenvalue weighted by molar-refractivity contribution is 5.84. The molecule has 2 rings (SSSR count). The maximum atomic E-state index is 10.6. The number of carboxylic acid groups (broad SMARTS) is 1. The Balaban J connectivity index is 2.44. The maximum absolute atomic E-state index is 10.6. The van der Waals surface area contributed by atoms with Gasteiger partial charge < -0.3 is 10.2 Å². The standard InChI is InChI=1S/C9H8N2O3/c12-8-7-4-2-1-3-6(7)5-10-11(8)9(13)14/h1-5,8,12H,(H,13,14). The molecule has 0 aromatic heterocycles. The fraction of sp³-hybridized carbons (Fsp3) is 0.111. The van der Waals surface area contributed by atoms with E-state index in [2.05, 4.69) is 5.10 Å². The molecule has 0 radical (unpaired) electrons. The molecule has 14 heavy (non-hydrogen) atoms. The lowest BCUT2D eigenvalue weighted by atomic mass is 10.1. The zero-order valence-corrected chi connectivity index (χ0v) is 7.16. The number of aliphatic hydroxyl groups is 1. The van der Waals surface area contributed by atoms with Crippen LogP contribution in [-0.4, -0.2) is 27.5 Å². The molecular weight excluding hydrogens is 184 g/mol. The molecule has 0 aliphatic carbocycles. The van der Waals surface area contributed by atoms with Crippen molar-refractivity contribution in [3.05, 3.63) is 35.4 Å². The van der Waals surface area contributed by atoms with Gasteiger partial charge in [0.05, 0.1) is 6.21 Å². The molecule has 0 saturated carbocycles. The van der Waals surface area contributed by atoms with E-state index in [1.165, 1.54) is 6.21 Å². The number of fused-ring (bicyclic) bond motifs is 1. The highest BCUT2D eigenvalue weighted by atomic mass is 16.4. The molecule has 1 aliphatic heterocycles. The molecule has 2 N–H and O–H groups in total. The lowest BCUT2D eigenvalue weighted by Crippen LogP contribution is -2.32. The first kappa shape index (κ1) is 8.71. The van der Waals surface area contributed by atoms with Crippen molar-refractivity contribution in [2.75, 3.05) is 0 Å². The third-order valence-corrected chi connectivity index (χ3v) is 2.02. The number of rotatable bonds is 0. The second-order valence-corrected chi connectivity index (χ2v) is 2.87. The summed E-state index contributed by atoms with van der Waals surface area (Å²) < 4.78 is 0. The lowest BCUT2D eigenvalue weighted by Gasteiger charge is -2.24. The van der Waals surface area contributed by atoms with Crippen LogP contribution in [0.2, 0.25) is 0 Å². The summed E-state index contributed by atoms with van der Waals surface area (Å²) in [7, 11) is 0. The van der Waals surface area contributed by atoms with E-state index in [0.29, 0.717) is 10.6 Å². The minimum Gasteiger partial charge on any atom is -0.464 e. The predicted octanol–water partition coefficient (Wildman–Crippen LogP) is 1.00. The van der Waals surface area contributed by atoms with Crippen molar-refractivity contribution >= 4 is 12.3 Å². The van der Waals surface area contributed by atoms with Crippen molar-refractivity contribution in [1.82, 2.24) is 5.01 Å². The van der Waals surface area contributed by atoms with Crippen molar-refractivity contribution in [1.29, 1.82) is 0 Å². The smallest absolute Gasteiger partial charge is 0.430 e. The summed E-state index contributed by atoms with van der Waals surface area (Å²) in [5, 5.41) is 22.5. The van der Waals surface area contributed by atoms with Crippen molar-refractivity contribution in [2.45, 2.75) is 6.23 Å². The summed E-state index contributed by atoms with van der Waals surface area (Å²) in [4.78, 5) is 10.6. The van der Waals surface area contributed by atoms with Crippen LogP contribution in [0.1, 0.15) is 17.4 Å². The van der Waals surface area contributed by atoms with Crippen molar-refractivity contribution in [3.63, 3.8) is 0 Å². The van der Waals surface area contributed by atoms with Gasteiger partial charge in [-0.1, -0.05) is 24.3 Å². The Labute approximate surface area is 79.9 Å². The lowest BCUT2D eigenvalue weighted by molar-refractivity contribution is 0.0102. The van der Waals surface area contributed by atoms with Gasteiger partial charge in [-0.05, 0) is 0 Å². The van der Waals surface area contributed by atoms with Gasteiger partial charge in [-0.2, -0.15) is 10.1 Å². The number of hydrazone groups is 1. The minimum atomic E-state index is -1.27. The third-order valence-electron chi connectivity index (χ3n) is 2.02. The van der Waals surface area contributed by atoms with Crippen LogP contribution in [0, 0.1) is 0 Å². The van der Waals surface area contributed by atoms with Crippen molar-refractivity contribution in [3.8, 4) is 0 Å². The summed E-state index contributed by atoms with van der Waals surface area (Å²) >= 11 is 0. The number of aliphatic hydroxyl groups excluding tert-OH is 1. The van der Waals surface area contributed by atoms with E-state index in [1.54, 1.807) is 24.3 Å². The van der Waals surface area contributed by atoms with Gasteiger partial charge in [0, 0.05) is 11.1 Å². The number of nitrogens with zero attached hydrogens (tertiary/aromatic N) is 2. The second kappa shape index (κ2) is 3.12. The van der Waals surface area contributed by atoms with Crippen molar-refractivity contribution < 1.29 is 15.0 Å². The van der Waals surface area contributed by atoms with Crippen LogP contribution in [0.25, 0.3) is 0 Å². The molecule has 1 aromatic rings. The van der Waals surface area contributed by atoms with Gasteiger partial charge in [0.1, 0.15) is 0 Å². The fourth-order valence-corrected chi connectivity index (χ4v) is 1.34. The minimum absolute atomic E-state index is 0.546. The molecule has 5 nitrogen and oxygen atoms in total. The average Bonchev–Trinajstić information content (AvgIpc) is 2.18. The number of carbonyl (C=O) groups is 1. The van der Waals surface area contributed by atoms with Crippen LogP contribution in [0.15, 0.2) is 29.4 Å². The van der Waals surface area contributed by atoms with Gasteiger partial charge in [-0.25, -0.2) is 4.79 Å². The van der Waals surface area contributed by atoms with Gasteiger partial charge in [0.2, 0.25) is 0 Å². The second-order valence-electron chi connectivity index (χ2n) is 2.87. The number of hydrogen-bond donors (Lipinski definition) is 2. The molecule has 1 amide bonds. The van der Waals surface area contributed by atoms with Gasteiger partial charge in [-0.15, -0.1) is 0 Å². The van der Waals surface area contributed by atoms with Crippen LogP contribution in [0.4, 0.5) is 4.79 Å². The largest absolute Gasteiger partial charge is 0.464 e. The first-order chi connectivity index (χ1) is 6.70. The molecule has 0 saturated heterocycles. The van der Waals surface area contributed by atoms with E-state index in [-0.39, 0.29) is 0 Å². The molecular formula is C9H8N2O3. The zero-order chi connectivity index (χ0) is 10.1. The molecule has 1 atom stereocenters. The number of amides is 1. The number of hydrogen-bond acceptors (Lipinski definition) is 3. The highest BCUT2D eigenvalue weighted by Crippen LogP contribution is 2.24. The van der Waals surface area contributed by atoms with Crippen molar-refractivity contribution in [2.24, 2.45) is 5.10 Å². The third kappa shape index (κ3) is 1.23. The van der Waals surface area contributed by atoms with Crippen LogP contribution in [0.5, 0.6) is 0 Å². The first-order valence-corrected chi connectivity index (χ1v) is 4.03. The molecule has 5 heteroatoms. The van der Waals surface area contributed by atoms with Gasteiger partial charge >= 0.3 is 6.09 Å². The Hall–Kier alpha value is -1.88. The average molecular weight is 192 g/mol. The Bertz CT molecular complexity index is 403. The first-order valence-electron chi connectivity index (χ1n) is 4.03. The molecule has 0 spiro atoms. The van der Waals surface area contributed by atoms with Crippen LogP contribution in [0.3, 0.4) is 0 Å². The zero-order valence-electron chi connectivity index (χ0n) is 7.16. The topological polar surface area (TPSA) is 73.1 Å². The van der Waals surface area contributed by atoms with Crippen LogP contribution in [-0.2, 0) is 0 Å². The van der Waals surface area contributed by atoms with Gasteiger partial charge in [-0.3, -0.25) is 0 Å². The summed E-state index contributed by atoms with van der Waals surface area (Å²) in [6, 6.07) is 6.97. The quantitative estimate of drug-likeness (QED) is 0.644.